The largest absolute Gasteiger partial charge is 0.303 e. The van der Waals surface area contributed by atoms with Crippen molar-refractivity contribution < 1.29 is 16.8 Å². The Morgan fingerprint density at radius 2 is 1.25 bits per heavy atom. The van der Waals surface area contributed by atoms with Gasteiger partial charge in [-0.2, -0.15) is 0 Å². The number of benzene rings is 2. The Bertz CT molecular complexity index is 1070. The molecule has 0 bridgehead atoms. The van der Waals surface area contributed by atoms with Gasteiger partial charge in [-0.15, -0.1) is 0 Å². The summed E-state index contributed by atoms with van der Waals surface area (Å²) in [6, 6.07) is 13.0. The van der Waals surface area contributed by atoms with Gasteiger partial charge in [0.05, 0.1) is 9.79 Å². The first-order valence-corrected chi connectivity index (χ1v) is 16.0. The van der Waals surface area contributed by atoms with Crippen LogP contribution in [-0.4, -0.2) is 54.5 Å². The first-order valence-electron chi connectivity index (χ1n) is 12.7. The number of nitrogens with zero attached hydrogens (tertiary/aromatic N) is 1. The highest BCUT2D eigenvalue weighted by atomic mass is 35.5. The standard InChI is InChI=1S/C26H38ClN3O4S2/c1-22-9-13-25(14-10-22)35(31,32)28-17-5-19-30(21-23-7-3-2-4-8-23)20-6-18-29-36(33,34)26-15-11-24(27)12-16-26/h9-16,23,28-29H,2-8,17-21H2,1H3. The van der Waals surface area contributed by atoms with E-state index in [0.29, 0.717) is 36.9 Å². The van der Waals surface area contributed by atoms with Crippen LogP contribution in [0.15, 0.2) is 58.3 Å². The number of sulfonamides is 2. The molecule has 0 amide bonds. The lowest BCUT2D eigenvalue weighted by atomic mass is 9.89. The van der Waals surface area contributed by atoms with Gasteiger partial charge >= 0.3 is 0 Å². The Balaban J connectivity index is 1.48. The molecule has 0 saturated heterocycles. The maximum Gasteiger partial charge on any atom is 0.240 e. The van der Waals surface area contributed by atoms with Crippen molar-refractivity contribution in [2.45, 2.75) is 61.7 Å². The highest BCUT2D eigenvalue weighted by Crippen LogP contribution is 2.24. The molecular formula is C26H38ClN3O4S2. The summed E-state index contributed by atoms with van der Waals surface area (Å²) >= 11 is 5.86. The van der Waals surface area contributed by atoms with Gasteiger partial charge in [-0.3, -0.25) is 0 Å². The van der Waals surface area contributed by atoms with Gasteiger partial charge in [-0.1, -0.05) is 48.6 Å². The second-order valence-corrected chi connectivity index (χ2v) is 13.5. The van der Waals surface area contributed by atoms with Crippen molar-refractivity contribution in [3.8, 4) is 0 Å². The first kappa shape index (κ1) is 29.1. The summed E-state index contributed by atoms with van der Waals surface area (Å²) in [5, 5.41) is 0.494. The van der Waals surface area contributed by atoms with E-state index < -0.39 is 20.0 Å². The molecule has 0 atom stereocenters. The van der Waals surface area contributed by atoms with Crippen LogP contribution < -0.4 is 9.44 Å². The van der Waals surface area contributed by atoms with Crippen molar-refractivity contribution in [1.82, 2.24) is 14.3 Å². The zero-order chi connectivity index (χ0) is 26.0. The minimum Gasteiger partial charge on any atom is -0.303 e. The third-order valence-corrected chi connectivity index (χ3v) is 9.79. The molecule has 200 valence electrons. The topological polar surface area (TPSA) is 95.6 Å². The molecule has 2 aromatic carbocycles. The third kappa shape index (κ3) is 9.43. The van der Waals surface area contributed by atoms with Crippen molar-refractivity contribution >= 4 is 31.6 Å². The summed E-state index contributed by atoms with van der Waals surface area (Å²) < 4.78 is 55.5. The number of aryl methyl sites for hydroxylation is 1. The van der Waals surface area contributed by atoms with E-state index in [1.54, 1.807) is 36.4 Å². The van der Waals surface area contributed by atoms with Crippen LogP contribution in [0.25, 0.3) is 0 Å². The van der Waals surface area contributed by atoms with Crippen LogP contribution in [0.3, 0.4) is 0 Å². The van der Waals surface area contributed by atoms with E-state index in [1.165, 1.54) is 44.2 Å². The van der Waals surface area contributed by atoms with Crippen molar-refractivity contribution in [3.63, 3.8) is 0 Å². The SMILES string of the molecule is Cc1ccc(S(=O)(=O)NCCCN(CCCNS(=O)(=O)c2ccc(Cl)cc2)CC2CCCCC2)cc1. The number of halogens is 1. The first-order chi connectivity index (χ1) is 17.2. The molecule has 2 N–H and O–H groups in total. The molecule has 0 aromatic heterocycles. The fourth-order valence-corrected chi connectivity index (χ4v) is 6.82. The fourth-order valence-electron chi connectivity index (χ4n) is 4.55. The lowest BCUT2D eigenvalue weighted by molar-refractivity contribution is 0.197. The monoisotopic (exact) mass is 555 g/mol. The summed E-state index contributed by atoms with van der Waals surface area (Å²) in [4.78, 5) is 2.83. The van der Waals surface area contributed by atoms with Crippen molar-refractivity contribution in [2.24, 2.45) is 5.92 Å². The Kier molecular flexibility index (Phi) is 11.2. The van der Waals surface area contributed by atoms with Crippen LogP contribution in [0.1, 0.15) is 50.5 Å². The molecule has 0 heterocycles. The van der Waals surface area contributed by atoms with E-state index in [4.69, 9.17) is 11.6 Å². The molecule has 0 spiro atoms. The van der Waals surface area contributed by atoms with Gasteiger partial charge in [0, 0.05) is 24.7 Å². The summed E-state index contributed by atoms with van der Waals surface area (Å²) in [6.07, 6.45) is 7.62. The van der Waals surface area contributed by atoms with Crippen LogP contribution in [0, 0.1) is 12.8 Å². The van der Waals surface area contributed by atoms with E-state index in [-0.39, 0.29) is 9.79 Å². The summed E-state index contributed by atoms with van der Waals surface area (Å²) in [6.45, 7) is 5.11. The van der Waals surface area contributed by atoms with Gasteiger partial charge in [-0.05, 0) is 88.0 Å². The van der Waals surface area contributed by atoms with E-state index in [9.17, 15) is 16.8 Å². The predicted octanol–water partition coefficient (Wildman–Crippen LogP) is 4.57. The Labute approximate surface area is 221 Å². The average Bonchev–Trinajstić information content (AvgIpc) is 2.85. The van der Waals surface area contributed by atoms with Gasteiger partial charge in [-0.25, -0.2) is 26.3 Å². The molecule has 1 fully saturated rings. The smallest absolute Gasteiger partial charge is 0.240 e. The van der Waals surface area contributed by atoms with E-state index >= 15 is 0 Å². The highest BCUT2D eigenvalue weighted by Gasteiger charge is 2.19. The quantitative estimate of drug-likeness (QED) is 0.333. The lowest BCUT2D eigenvalue weighted by Crippen LogP contribution is -2.36. The third-order valence-electron chi connectivity index (χ3n) is 6.58. The van der Waals surface area contributed by atoms with Crippen LogP contribution in [0.5, 0.6) is 0 Å². The predicted molar refractivity (Wildman–Crippen MR) is 145 cm³/mol. The van der Waals surface area contributed by atoms with Crippen LogP contribution >= 0.6 is 11.6 Å². The van der Waals surface area contributed by atoms with Crippen molar-refractivity contribution in [2.75, 3.05) is 32.7 Å². The zero-order valence-electron chi connectivity index (χ0n) is 21.0. The molecular weight excluding hydrogens is 518 g/mol. The number of nitrogens with one attached hydrogen (secondary N) is 2. The van der Waals surface area contributed by atoms with E-state index in [2.05, 4.69) is 14.3 Å². The van der Waals surface area contributed by atoms with Gasteiger partial charge < -0.3 is 4.90 Å². The minimum atomic E-state index is -3.57. The summed E-state index contributed by atoms with van der Waals surface area (Å²) in [5.41, 5.74) is 1.02. The summed E-state index contributed by atoms with van der Waals surface area (Å²) in [7, 11) is -7.09. The second kappa shape index (κ2) is 13.9. The molecule has 0 unspecified atom stereocenters. The molecule has 1 aliphatic rings. The van der Waals surface area contributed by atoms with Gasteiger partial charge in [0.25, 0.3) is 0 Å². The zero-order valence-corrected chi connectivity index (χ0v) is 23.3. The molecule has 7 nitrogen and oxygen atoms in total. The van der Waals surface area contributed by atoms with Crippen molar-refractivity contribution in [1.29, 1.82) is 0 Å². The average molecular weight is 556 g/mol. The molecule has 2 aromatic rings. The highest BCUT2D eigenvalue weighted by molar-refractivity contribution is 7.89. The molecule has 3 rings (SSSR count). The summed E-state index contributed by atoms with van der Waals surface area (Å²) in [5.74, 6) is 0.647. The lowest BCUT2D eigenvalue weighted by Gasteiger charge is -2.30. The van der Waals surface area contributed by atoms with Gasteiger partial charge in [0.15, 0.2) is 0 Å². The maximum absolute atomic E-state index is 12.5. The number of hydrogen-bond acceptors (Lipinski definition) is 5. The van der Waals surface area contributed by atoms with E-state index in [1.807, 2.05) is 6.92 Å². The molecule has 36 heavy (non-hydrogen) atoms. The Hall–Kier alpha value is -1.49. The Morgan fingerprint density at radius 1 is 0.778 bits per heavy atom. The van der Waals surface area contributed by atoms with Crippen LogP contribution in [-0.2, 0) is 20.0 Å². The molecule has 1 aliphatic carbocycles. The molecule has 1 saturated carbocycles. The van der Waals surface area contributed by atoms with Gasteiger partial charge in [0.2, 0.25) is 20.0 Å². The molecule has 0 radical (unpaired) electrons. The number of rotatable bonds is 14. The Morgan fingerprint density at radius 3 is 1.75 bits per heavy atom. The normalized spacial score (nSPS) is 15.4. The number of hydrogen-bond donors (Lipinski definition) is 2. The fraction of sp³-hybridized carbons (Fsp3) is 0.538. The maximum atomic E-state index is 12.5. The van der Waals surface area contributed by atoms with Gasteiger partial charge in [0.1, 0.15) is 0 Å². The van der Waals surface area contributed by atoms with Crippen LogP contribution in [0.2, 0.25) is 5.02 Å². The molecule has 0 aliphatic heterocycles. The van der Waals surface area contributed by atoms with Crippen LogP contribution in [0.4, 0.5) is 0 Å². The minimum absolute atomic E-state index is 0.201. The van der Waals surface area contributed by atoms with Crippen molar-refractivity contribution in [3.05, 3.63) is 59.1 Å². The van der Waals surface area contributed by atoms with E-state index in [0.717, 1.165) is 25.2 Å². The molecule has 10 heteroatoms. The second-order valence-electron chi connectivity index (χ2n) is 9.57.